The van der Waals surface area contributed by atoms with Crippen LogP contribution in [-0.4, -0.2) is 51.4 Å². The van der Waals surface area contributed by atoms with Crippen molar-refractivity contribution in [2.24, 2.45) is 0 Å². The quantitative estimate of drug-likeness (QED) is 0.244. The van der Waals surface area contributed by atoms with Crippen molar-refractivity contribution in [3.8, 4) is 5.75 Å². The summed E-state index contributed by atoms with van der Waals surface area (Å²) in [7, 11) is -2.61. The molecule has 0 fully saturated rings. The molecule has 0 aliphatic heterocycles. The van der Waals surface area contributed by atoms with Crippen molar-refractivity contribution in [3.05, 3.63) is 88.9 Å². The third-order valence-corrected chi connectivity index (χ3v) is 8.79. The Morgan fingerprint density at radius 1 is 1.00 bits per heavy atom. The second-order valence-corrected chi connectivity index (χ2v) is 12.0. The zero-order chi connectivity index (χ0) is 30.0. The number of sulfonamides is 1. The molecule has 0 saturated heterocycles. The van der Waals surface area contributed by atoms with Gasteiger partial charge in [0.25, 0.3) is 10.0 Å². The Morgan fingerprint density at radius 3 is 2.34 bits per heavy atom. The number of ether oxygens (including phenoxy) is 1. The predicted molar refractivity (Wildman–Crippen MR) is 163 cm³/mol. The van der Waals surface area contributed by atoms with Crippen molar-refractivity contribution in [1.29, 1.82) is 0 Å². The lowest BCUT2D eigenvalue weighted by molar-refractivity contribution is -0.140. The largest absolute Gasteiger partial charge is 0.497 e. The van der Waals surface area contributed by atoms with Crippen molar-refractivity contribution >= 4 is 39.1 Å². The van der Waals surface area contributed by atoms with Gasteiger partial charge < -0.3 is 15.0 Å². The molecular weight excluding hydrogens is 562 g/mol. The maximum atomic E-state index is 14.2. The van der Waals surface area contributed by atoms with E-state index in [1.807, 2.05) is 26.0 Å². The molecule has 0 saturated carbocycles. The Kier molecular flexibility index (Phi) is 11.6. The number of rotatable bonds is 14. The molecule has 0 spiro atoms. The van der Waals surface area contributed by atoms with Crippen LogP contribution in [0.4, 0.5) is 5.69 Å². The number of carbonyl (C=O) groups excluding carboxylic acids is 2. The van der Waals surface area contributed by atoms with Crippen molar-refractivity contribution in [1.82, 2.24) is 10.2 Å². The van der Waals surface area contributed by atoms with E-state index in [4.69, 9.17) is 16.3 Å². The van der Waals surface area contributed by atoms with E-state index in [2.05, 4.69) is 5.32 Å². The number of hydrogen-bond donors (Lipinski definition) is 1. The van der Waals surface area contributed by atoms with Crippen molar-refractivity contribution in [2.45, 2.75) is 57.5 Å². The van der Waals surface area contributed by atoms with Gasteiger partial charge in [-0.25, -0.2) is 8.42 Å². The van der Waals surface area contributed by atoms with Gasteiger partial charge in [0.05, 0.1) is 17.7 Å². The Labute approximate surface area is 248 Å². The lowest BCUT2D eigenvalue weighted by Gasteiger charge is -2.33. The van der Waals surface area contributed by atoms with Gasteiger partial charge in [0, 0.05) is 18.1 Å². The smallest absolute Gasteiger partial charge is 0.264 e. The number of benzene rings is 3. The van der Waals surface area contributed by atoms with Gasteiger partial charge in [-0.15, -0.1) is 0 Å². The van der Waals surface area contributed by atoms with Gasteiger partial charge in [-0.2, -0.15) is 0 Å². The Balaban J connectivity index is 2.05. The maximum Gasteiger partial charge on any atom is 0.264 e. The summed E-state index contributed by atoms with van der Waals surface area (Å²) in [5.41, 5.74) is 1.81. The van der Waals surface area contributed by atoms with Gasteiger partial charge in [-0.1, -0.05) is 62.2 Å². The first kappa shape index (κ1) is 32.0. The molecule has 2 amide bonds. The molecule has 0 aliphatic carbocycles. The number of hydrogen-bond acceptors (Lipinski definition) is 5. The molecule has 1 N–H and O–H groups in total. The van der Waals surface area contributed by atoms with E-state index in [0.717, 1.165) is 22.7 Å². The predicted octanol–water partition coefficient (Wildman–Crippen LogP) is 5.58. The van der Waals surface area contributed by atoms with Crippen LogP contribution in [0.5, 0.6) is 5.75 Å². The molecule has 10 heteroatoms. The fourth-order valence-corrected chi connectivity index (χ4v) is 6.09. The third-order valence-electron chi connectivity index (χ3n) is 6.77. The van der Waals surface area contributed by atoms with E-state index in [9.17, 15) is 18.0 Å². The fourth-order valence-electron chi connectivity index (χ4n) is 4.48. The summed E-state index contributed by atoms with van der Waals surface area (Å²) in [6, 6.07) is 19.2. The molecule has 41 heavy (non-hydrogen) atoms. The molecule has 1 atom stereocenters. The molecule has 0 unspecified atom stereocenters. The molecule has 220 valence electrons. The van der Waals surface area contributed by atoms with Crippen LogP contribution in [0.2, 0.25) is 5.02 Å². The standard InChI is InChI=1S/C31H38ClN3O5S/c1-5-7-19-33-31(37)28(6-2)34(21-24-12-10-13-26(20-24)40-4)30(36)22-35(29-14-9-8-11-23(29)3)41(38,39)27-17-15-25(32)16-18-27/h8-18,20,28H,5-7,19,21-22H2,1-4H3,(H,33,37)/t28-/m0/s1. The zero-order valence-electron chi connectivity index (χ0n) is 24.0. The number of carbonyl (C=O) groups is 2. The summed E-state index contributed by atoms with van der Waals surface area (Å²) in [5, 5.41) is 3.33. The monoisotopic (exact) mass is 599 g/mol. The highest BCUT2D eigenvalue weighted by Gasteiger charge is 2.34. The Hall–Kier alpha value is -3.56. The summed E-state index contributed by atoms with van der Waals surface area (Å²) in [6.45, 7) is 5.74. The van der Waals surface area contributed by atoms with Crippen LogP contribution in [0.15, 0.2) is 77.7 Å². The normalized spacial score (nSPS) is 11.9. The number of halogens is 1. The fraction of sp³-hybridized carbons (Fsp3) is 0.355. The molecule has 0 radical (unpaired) electrons. The molecule has 8 nitrogen and oxygen atoms in total. The van der Waals surface area contributed by atoms with E-state index < -0.39 is 28.5 Å². The third kappa shape index (κ3) is 8.24. The molecule has 0 aromatic heterocycles. The average Bonchev–Trinajstić information content (AvgIpc) is 2.96. The van der Waals surface area contributed by atoms with Gasteiger partial charge in [-0.05, 0) is 73.4 Å². The highest BCUT2D eigenvalue weighted by Crippen LogP contribution is 2.28. The van der Waals surface area contributed by atoms with E-state index in [0.29, 0.717) is 35.0 Å². The van der Waals surface area contributed by atoms with Crippen molar-refractivity contribution in [2.75, 3.05) is 24.5 Å². The molecular formula is C31H38ClN3O5S. The number of amides is 2. The minimum absolute atomic E-state index is 0.00153. The molecule has 3 rings (SSSR count). The molecule has 3 aromatic carbocycles. The van der Waals surface area contributed by atoms with Crippen molar-refractivity contribution in [3.63, 3.8) is 0 Å². The number of methoxy groups -OCH3 is 1. The number of nitrogens with zero attached hydrogens (tertiary/aromatic N) is 2. The van der Waals surface area contributed by atoms with Gasteiger partial charge in [0.2, 0.25) is 11.8 Å². The number of para-hydroxylation sites is 1. The topological polar surface area (TPSA) is 96.0 Å². The highest BCUT2D eigenvalue weighted by molar-refractivity contribution is 7.92. The minimum atomic E-state index is -4.17. The number of aryl methyl sites for hydroxylation is 1. The van der Waals surface area contributed by atoms with Crippen molar-refractivity contribution < 1.29 is 22.7 Å². The first-order chi connectivity index (χ1) is 19.6. The lowest BCUT2D eigenvalue weighted by Crippen LogP contribution is -2.52. The highest BCUT2D eigenvalue weighted by atomic mass is 35.5. The first-order valence-electron chi connectivity index (χ1n) is 13.7. The van der Waals surface area contributed by atoms with Crippen LogP contribution in [0, 0.1) is 6.92 Å². The summed E-state index contributed by atoms with van der Waals surface area (Å²) in [6.07, 6.45) is 2.08. The average molecular weight is 600 g/mol. The van der Waals surface area contributed by atoms with Crippen LogP contribution >= 0.6 is 11.6 Å². The molecule has 0 aliphatic rings. The van der Waals surface area contributed by atoms with Gasteiger partial charge in [0.15, 0.2) is 0 Å². The maximum absolute atomic E-state index is 14.2. The van der Waals surface area contributed by atoms with Gasteiger partial charge >= 0.3 is 0 Å². The van der Waals surface area contributed by atoms with Crippen LogP contribution in [0.25, 0.3) is 0 Å². The summed E-state index contributed by atoms with van der Waals surface area (Å²) < 4.78 is 34.4. The van der Waals surface area contributed by atoms with E-state index in [1.54, 1.807) is 50.4 Å². The summed E-state index contributed by atoms with van der Waals surface area (Å²) in [5.74, 6) is -0.173. The van der Waals surface area contributed by atoms with Crippen LogP contribution in [0.1, 0.15) is 44.2 Å². The van der Waals surface area contributed by atoms with E-state index in [1.165, 1.54) is 29.2 Å². The van der Waals surface area contributed by atoms with Crippen LogP contribution in [0.3, 0.4) is 0 Å². The van der Waals surface area contributed by atoms with Crippen LogP contribution < -0.4 is 14.4 Å². The van der Waals surface area contributed by atoms with E-state index >= 15 is 0 Å². The second-order valence-electron chi connectivity index (χ2n) is 9.69. The summed E-state index contributed by atoms with van der Waals surface area (Å²) in [4.78, 5) is 28.9. The molecule has 3 aromatic rings. The number of nitrogens with one attached hydrogen (secondary N) is 1. The molecule has 0 heterocycles. The number of unbranched alkanes of at least 4 members (excludes halogenated alkanes) is 1. The lowest BCUT2D eigenvalue weighted by atomic mass is 10.1. The minimum Gasteiger partial charge on any atom is -0.497 e. The van der Waals surface area contributed by atoms with Gasteiger partial charge in [0.1, 0.15) is 18.3 Å². The first-order valence-corrected chi connectivity index (χ1v) is 15.5. The van der Waals surface area contributed by atoms with Gasteiger partial charge in [-0.3, -0.25) is 13.9 Å². The Morgan fingerprint density at radius 2 is 1.71 bits per heavy atom. The summed E-state index contributed by atoms with van der Waals surface area (Å²) >= 11 is 6.02. The Bertz CT molecular complexity index is 1430. The second kappa shape index (κ2) is 14.9. The van der Waals surface area contributed by atoms with E-state index in [-0.39, 0.29) is 17.3 Å². The SMILES string of the molecule is CCCCNC(=O)[C@H](CC)N(Cc1cccc(OC)c1)C(=O)CN(c1ccccc1C)S(=O)(=O)c1ccc(Cl)cc1. The van der Waals surface area contributed by atoms with Crippen LogP contribution in [-0.2, 0) is 26.2 Å². The zero-order valence-corrected chi connectivity index (χ0v) is 25.5. The number of anilines is 1. The molecule has 0 bridgehead atoms.